The fraction of sp³-hybridized carbons (Fsp3) is 0.111. The molecule has 0 radical (unpaired) electrons. The van der Waals surface area contributed by atoms with Crippen LogP contribution < -0.4 is 0 Å². The molecule has 8 heteroatoms. The highest BCUT2D eigenvalue weighted by Gasteiger charge is 2.17. The minimum Gasteiger partial charge on any atom is -0.289 e. The number of benzene rings is 1. The SMILES string of the molecule is CN(C)S(=O)(=O)c1ccc(C(=O)C=Cc2csc(-c3ccsc3)n2)cc1. The van der Waals surface area contributed by atoms with Gasteiger partial charge in [-0.25, -0.2) is 17.7 Å². The average molecular weight is 405 g/mol. The topological polar surface area (TPSA) is 67.3 Å². The number of carbonyl (C=O) groups excluding carboxylic acids is 1. The summed E-state index contributed by atoms with van der Waals surface area (Å²) in [6, 6.07) is 7.91. The largest absolute Gasteiger partial charge is 0.289 e. The predicted molar refractivity (Wildman–Crippen MR) is 106 cm³/mol. The zero-order valence-electron chi connectivity index (χ0n) is 14.1. The van der Waals surface area contributed by atoms with Crippen LogP contribution >= 0.6 is 22.7 Å². The third kappa shape index (κ3) is 3.99. The molecule has 0 saturated heterocycles. The first kappa shape index (κ1) is 18.7. The zero-order valence-corrected chi connectivity index (χ0v) is 16.6. The van der Waals surface area contributed by atoms with E-state index in [0.29, 0.717) is 5.56 Å². The van der Waals surface area contributed by atoms with Crippen molar-refractivity contribution in [3.05, 3.63) is 63.8 Å². The summed E-state index contributed by atoms with van der Waals surface area (Å²) < 4.78 is 25.2. The van der Waals surface area contributed by atoms with E-state index in [1.54, 1.807) is 17.4 Å². The van der Waals surface area contributed by atoms with Crippen molar-refractivity contribution in [1.82, 2.24) is 9.29 Å². The number of hydrogen-bond donors (Lipinski definition) is 0. The van der Waals surface area contributed by atoms with Gasteiger partial charge in [0.25, 0.3) is 0 Å². The number of aromatic nitrogens is 1. The molecule has 0 N–H and O–H groups in total. The second-order valence-corrected chi connectivity index (χ2v) is 9.39. The molecule has 1 aromatic carbocycles. The Labute approximate surface area is 160 Å². The van der Waals surface area contributed by atoms with E-state index in [0.717, 1.165) is 20.6 Å². The van der Waals surface area contributed by atoms with Gasteiger partial charge in [0.05, 0.1) is 10.6 Å². The lowest BCUT2D eigenvalue weighted by Crippen LogP contribution is -2.22. The predicted octanol–water partition coefficient (Wildman–Crippen LogP) is 4.02. The standard InChI is InChI=1S/C18H16N2O3S3/c1-20(2)26(22,23)16-6-3-13(4-7-16)17(21)8-5-15-12-25-18(19-15)14-9-10-24-11-14/h3-12H,1-2H3. The maximum atomic E-state index is 12.3. The summed E-state index contributed by atoms with van der Waals surface area (Å²) in [6.07, 6.45) is 3.11. The van der Waals surface area contributed by atoms with Crippen LogP contribution in [0.25, 0.3) is 16.6 Å². The fourth-order valence-corrected chi connectivity index (χ4v) is 4.54. The van der Waals surface area contributed by atoms with Crippen molar-refractivity contribution in [3.8, 4) is 10.6 Å². The van der Waals surface area contributed by atoms with Gasteiger partial charge in [-0.3, -0.25) is 4.79 Å². The van der Waals surface area contributed by atoms with Crippen LogP contribution in [-0.2, 0) is 10.0 Å². The van der Waals surface area contributed by atoms with Crippen LogP contribution in [0.1, 0.15) is 16.1 Å². The molecule has 2 aromatic heterocycles. The van der Waals surface area contributed by atoms with Gasteiger partial charge in [0.15, 0.2) is 5.78 Å². The van der Waals surface area contributed by atoms with Gasteiger partial charge in [-0.2, -0.15) is 11.3 Å². The van der Waals surface area contributed by atoms with Gasteiger partial charge < -0.3 is 0 Å². The van der Waals surface area contributed by atoms with Crippen LogP contribution in [0.2, 0.25) is 0 Å². The molecule has 3 aromatic rings. The van der Waals surface area contributed by atoms with Gasteiger partial charge in [0.1, 0.15) is 5.01 Å². The van der Waals surface area contributed by atoms with Gasteiger partial charge in [-0.1, -0.05) is 0 Å². The average Bonchev–Trinajstić information content (AvgIpc) is 3.31. The second kappa shape index (κ2) is 7.63. The number of ketones is 1. The highest BCUT2D eigenvalue weighted by atomic mass is 32.2. The number of thiophene rings is 1. The van der Waals surface area contributed by atoms with E-state index in [2.05, 4.69) is 4.98 Å². The highest BCUT2D eigenvalue weighted by Crippen LogP contribution is 2.26. The summed E-state index contributed by atoms with van der Waals surface area (Å²) in [5.74, 6) is -0.205. The Morgan fingerprint density at radius 3 is 2.46 bits per heavy atom. The Kier molecular flexibility index (Phi) is 5.47. The van der Waals surface area contributed by atoms with Gasteiger partial charge in [0, 0.05) is 36.0 Å². The van der Waals surface area contributed by atoms with E-state index in [9.17, 15) is 13.2 Å². The van der Waals surface area contributed by atoms with E-state index >= 15 is 0 Å². The molecule has 0 unspecified atom stereocenters. The summed E-state index contributed by atoms with van der Waals surface area (Å²) in [6.45, 7) is 0. The van der Waals surface area contributed by atoms with Crippen LogP contribution in [0.3, 0.4) is 0 Å². The molecule has 0 atom stereocenters. The van der Waals surface area contributed by atoms with Crippen LogP contribution in [0, 0.1) is 0 Å². The van der Waals surface area contributed by atoms with Crippen molar-refractivity contribution in [2.24, 2.45) is 0 Å². The molecule has 134 valence electrons. The van der Waals surface area contributed by atoms with Crippen molar-refractivity contribution >= 4 is 44.6 Å². The molecule has 2 heterocycles. The number of hydrogen-bond acceptors (Lipinski definition) is 6. The molecule has 26 heavy (non-hydrogen) atoms. The Balaban J connectivity index is 1.73. The molecule has 3 rings (SSSR count). The fourth-order valence-electron chi connectivity index (χ4n) is 2.14. The van der Waals surface area contributed by atoms with Crippen LogP contribution in [-0.4, -0.2) is 37.6 Å². The Hall–Kier alpha value is -2.13. The number of nitrogens with zero attached hydrogens (tertiary/aromatic N) is 2. The molecule has 0 amide bonds. The Bertz CT molecular complexity index is 1030. The molecule has 0 aliphatic heterocycles. The summed E-state index contributed by atoms with van der Waals surface area (Å²) in [7, 11) is -0.562. The monoisotopic (exact) mass is 404 g/mol. The van der Waals surface area contributed by atoms with Crippen molar-refractivity contribution in [1.29, 1.82) is 0 Å². The number of allylic oxidation sites excluding steroid dienone is 1. The van der Waals surface area contributed by atoms with Crippen LogP contribution in [0.5, 0.6) is 0 Å². The third-order valence-corrected chi connectivity index (χ3v) is 7.04. The number of sulfonamides is 1. The van der Waals surface area contributed by atoms with Crippen LogP contribution in [0.4, 0.5) is 0 Å². The maximum absolute atomic E-state index is 12.3. The van der Waals surface area contributed by atoms with E-state index in [1.807, 2.05) is 22.2 Å². The first-order chi connectivity index (χ1) is 12.4. The van der Waals surface area contributed by atoms with Gasteiger partial charge >= 0.3 is 0 Å². The lowest BCUT2D eigenvalue weighted by atomic mass is 10.1. The number of carbonyl (C=O) groups is 1. The van der Waals surface area contributed by atoms with Crippen molar-refractivity contribution in [2.75, 3.05) is 14.1 Å². The minimum atomic E-state index is -3.50. The van der Waals surface area contributed by atoms with E-state index in [1.165, 1.54) is 55.8 Å². The first-order valence-electron chi connectivity index (χ1n) is 7.61. The van der Waals surface area contributed by atoms with Crippen molar-refractivity contribution in [2.45, 2.75) is 4.90 Å². The molecule has 0 bridgehead atoms. The van der Waals surface area contributed by atoms with Crippen LogP contribution in [0.15, 0.2) is 57.4 Å². The van der Waals surface area contributed by atoms with E-state index < -0.39 is 10.0 Å². The number of rotatable bonds is 6. The second-order valence-electron chi connectivity index (χ2n) is 5.60. The Morgan fingerprint density at radius 2 is 1.85 bits per heavy atom. The normalized spacial score (nSPS) is 12.1. The molecule has 0 fully saturated rings. The summed E-state index contributed by atoms with van der Waals surface area (Å²) >= 11 is 3.14. The lowest BCUT2D eigenvalue weighted by molar-refractivity contribution is 0.104. The van der Waals surface area contributed by atoms with Gasteiger partial charge in [-0.15, -0.1) is 11.3 Å². The summed E-state index contributed by atoms with van der Waals surface area (Å²) in [5.41, 5.74) is 2.22. The van der Waals surface area contributed by atoms with Crippen molar-refractivity contribution < 1.29 is 13.2 Å². The van der Waals surface area contributed by atoms with E-state index in [-0.39, 0.29) is 10.7 Å². The van der Waals surface area contributed by atoms with Gasteiger partial charge in [-0.05, 0) is 47.9 Å². The van der Waals surface area contributed by atoms with Gasteiger partial charge in [0.2, 0.25) is 10.0 Å². The third-order valence-electron chi connectivity index (χ3n) is 3.61. The van der Waals surface area contributed by atoms with Crippen molar-refractivity contribution in [3.63, 3.8) is 0 Å². The van der Waals surface area contributed by atoms with E-state index in [4.69, 9.17) is 0 Å². The molecular formula is C18H16N2O3S3. The molecule has 5 nitrogen and oxygen atoms in total. The molecular weight excluding hydrogens is 388 g/mol. The summed E-state index contributed by atoms with van der Waals surface area (Å²) in [4.78, 5) is 16.9. The summed E-state index contributed by atoms with van der Waals surface area (Å²) in [5, 5.41) is 6.83. The molecule has 0 aliphatic carbocycles. The quantitative estimate of drug-likeness (QED) is 0.460. The molecule has 0 saturated carbocycles. The Morgan fingerprint density at radius 1 is 1.12 bits per heavy atom. The highest BCUT2D eigenvalue weighted by molar-refractivity contribution is 7.89. The minimum absolute atomic E-state index is 0.155. The maximum Gasteiger partial charge on any atom is 0.242 e. The molecule has 0 aliphatic rings. The lowest BCUT2D eigenvalue weighted by Gasteiger charge is -2.11. The zero-order chi connectivity index (χ0) is 18.7. The number of thiazole rings is 1. The molecule has 0 spiro atoms. The smallest absolute Gasteiger partial charge is 0.242 e. The first-order valence-corrected chi connectivity index (χ1v) is 10.9.